The van der Waals surface area contributed by atoms with Crippen molar-refractivity contribution in [2.75, 3.05) is 19.7 Å². The quantitative estimate of drug-likeness (QED) is 0.0512. The van der Waals surface area contributed by atoms with Crippen molar-refractivity contribution in [3.05, 3.63) is 24.3 Å². The topological polar surface area (TPSA) is 81.0 Å². The van der Waals surface area contributed by atoms with Crippen molar-refractivity contribution < 1.29 is 20.1 Å². The number of unbranched alkanes of at least 4 members (excludes halogenated alkanes) is 20. The molecule has 43 heavy (non-hydrogen) atoms. The van der Waals surface area contributed by atoms with Crippen LogP contribution in [0.1, 0.15) is 181 Å². The maximum Gasteiger partial charge on any atom is 0.222 e. The van der Waals surface area contributed by atoms with E-state index in [1.54, 1.807) is 0 Å². The molecule has 254 valence electrons. The minimum absolute atomic E-state index is 0.0352. The fraction of sp³-hybridized carbons (Fsp3) is 0.868. The first-order valence-electron chi connectivity index (χ1n) is 18.6. The van der Waals surface area contributed by atoms with Gasteiger partial charge in [0.2, 0.25) is 5.91 Å². The van der Waals surface area contributed by atoms with Gasteiger partial charge in [0.05, 0.1) is 18.8 Å². The van der Waals surface area contributed by atoms with Crippen LogP contribution in [0.15, 0.2) is 24.3 Å². The molecule has 0 radical (unpaired) electrons. The highest BCUT2D eigenvalue weighted by molar-refractivity contribution is 5.76. The summed E-state index contributed by atoms with van der Waals surface area (Å²) in [5.41, 5.74) is 0. The van der Waals surface area contributed by atoms with E-state index < -0.39 is 12.2 Å². The Morgan fingerprint density at radius 2 is 1.02 bits per heavy atom. The van der Waals surface area contributed by atoms with Crippen LogP contribution in [0, 0.1) is 0 Å². The molecule has 0 saturated carbocycles. The Balaban J connectivity index is 3.84. The van der Waals surface area contributed by atoms with Gasteiger partial charge in [0.15, 0.2) is 0 Å². The van der Waals surface area contributed by atoms with Gasteiger partial charge in [0.1, 0.15) is 0 Å². The number of aliphatic hydroxyl groups is 3. The molecule has 0 fully saturated rings. The molecule has 0 rings (SSSR count). The van der Waals surface area contributed by atoms with Crippen molar-refractivity contribution >= 4 is 5.91 Å². The molecule has 0 aliphatic carbocycles. The summed E-state index contributed by atoms with van der Waals surface area (Å²) in [4.78, 5) is 14.2. The minimum Gasteiger partial charge on any atom is -0.395 e. The monoisotopic (exact) mass is 608 g/mol. The van der Waals surface area contributed by atoms with Gasteiger partial charge in [0, 0.05) is 19.5 Å². The number of aliphatic hydroxyl groups excluding tert-OH is 3. The molecule has 3 N–H and O–H groups in total. The molecule has 5 heteroatoms. The second kappa shape index (κ2) is 33.7. The third-order valence-electron chi connectivity index (χ3n) is 8.52. The highest BCUT2D eigenvalue weighted by Crippen LogP contribution is 2.15. The largest absolute Gasteiger partial charge is 0.395 e. The van der Waals surface area contributed by atoms with Crippen molar-refractivity contribution in [1.29, 1.82) is 0 Å². The molecule has 0 aromatic rings. The number of amides is 1. The Morgan fingerprint density at radius 3 is 1.56 bits per heavy atom. The number of hydrogen-bond donors (Lipinski definition) is 3. The van der Waals surface area contributed by atoms with Gasteiger partial charge in [0.25, 0.3) is 0 Å². The highest BCUT2D eigenvalue weighted by atomic mass is 16.3. The number of hydrogen-bond acceptors (Lipinski definition) is 4. The standard InChI is InChI=1S/C38H73NO4/c1-3-5-7-9-11-13-15-17-18-20-22-24-26-28-30-32-38(43)39(33-34-40)35-37(42)36(41)31-29-27-25-23-21-19-16-14-12-10-8-6-4-2/h11,13,17-18,36-37,40-42H,3-10,12,14-16,19-35H2,1-2H3. The molecule has 5 nitrogen and oxygen atoms in total. The van der Waals surface area contributed by atoms with E-state index in [9.17, 15) is 20.1 Å². The Labute approximate surface area is 267 Å². The molecule has 0 bridgehead atoms. The van der Waals surface area contributed by atoms with Gasteiger partial charge in [-0.05, 0) is 44.9 Å². The normalized spacial score (nSPS) is 13.3. The van der Waals surface area contributed by atoms with Gasteiger partial charge in [-0.3, -0.25) is 4.79 Å². The van der Waals surface area contributed by atoms with E-state index in [4.69, 9.17) is 0 Å². The Morgan fingerprint density at radius 1 is 0.581 bits per heavy atom. The van der Waals surface area contributed by atoms with Crippen LogP contribution < -0.4 is 0 Å². The average molecular weight is 608 g/mol. The first kappa shape index (κ1) is 41.8. The van der Waals surface area contributed by atoms with E-state index in [1.807, 2.05) is 0 Å². The number of rotatable bonds is 33. The molecule has 0 heterocycles. The zero-order chi connectivity index (χ0) is 31.6. The molecule has 0 aliphatic heterocycles. The fourth-order valence-electron chi connectivity index (χ4n) is 5.60. The summed E-state index contributed by atoms with van der Waals surface area (Å²) in [5, 5.41) is 30.4. The zero-order valence-electron chi connectivity index (χ0n) is 28.7. The molecule has 0 aromatic heterocycles. The lowest BCUT2D eigenvalue weighted by atomic mass is 10.0. The van der Waals surface area contributed by atoms with Gasteiger partial charge >= 0.3 is 0 Å². The summed E-state index contributed by atoms with van der Waals surface area (Å²) in [6.07, 6.45) is 37.5. The van der Waals surface area contributed by atoms with E-state index in [1.165, 1.54) is 114 Å². The third kappa shape index (κ3) is 29.3. The van der Waals surface area contributed by atoms with Crippen molar-refractivity contribution in [3.8, 4) is 0 Å². The molecular weight excluding hydrogens is 534 g/mol. The minimum atomic E-state index is -0.961. The second-order valence-electron chi connectivity index (χ2n) is 12.7. The van der Waals surface area contributed by atoms with E-state index in [2.05, 4.69) is 38.2 Å². The predicted molar refractivity (Wildman–Crippen MR) is 185 cm³/mol. The van der Waals surface area contributed by atoms with Crippen LogP contribution in [-0.4, -0.2) is 58.0 Å². The van der Waals surface area contributed by atoms with Crippen LogP contribution >= 0.6 is 0 Å². The molecular formula is C38H73NO4. The summed E-state index contributed by atoms with van der Waals surface area (Å²) in [5.74, 6) is -0.0352. The zero-order valence-corrected chi connectivity index (χ0v) is 28.7. The molecule has 0 aliphatic rings. The predicted octanol–water partition coefficient (Wildman–Crippen LogP) is 9.82. The summed E-state index contributed by atoms with van der Waals surface area (Å²) in [6, 6.07) is 0. The van der Waals surface area contributed by atoms with Gasteiger partial charge in [-0.1, -0.05) is 154 Å². The van der Waals surface area contributed by atoms with E-state index in [0.717, 1.165) is 44.9 Å². The summed E-state index contributed by atoms with van der Waals surface area (Å²) in [6.45, 7) is 4.68. The van der Waals surface area contributed by atoms with E-state index in [0.29, 0.717) is 12.8 Å². The first-order valence-corrected chi connectivity index (χ1v) is 18.6. The summed E-state index contributed by atoms with van der Waals surface area (Å²) >= 11 is 0. The Hall–Kier alpha value is -1.17. The molecule has 0 aromatic carbocycles. The third-order valence-corrected chi connectivity index (χ3v) is 8.52. The smallest absolute Gasteiger partial charge is 0.222 e. The van der Waals surface area contributed by atoms with E-state index >= 15 is 0 Å². The molecule has 0 spiro atoms. The first-order chi connectivity index (χ1) is 21.1. The van der Waals surface area contributed by atoms with Gasteiger partial charge in [-0.25, -0.2) is 0 Å². The fourth-order valence-corrected chi connectivity index (χ4v) is 5.60. The van der Waals surface area contributed by atoms with Crippen molar-refractivity contribution in [2.45, 2.75) is 193 Å². The molecule has 2 atom stereocenters. The van der Waals surface area contributed by atoms with Crippen LogP contribution in [0.5, 0.6) is 0 Å². The maximum absolute atomic E-state index is 12.7. The van der Waals surface area contributed by atoms with Gasteiger partial charge in [-0.15, -0.1) is 0 Å². The Bertz CT molecular complexity index is 635. The van der Waals surface area contributed by atoms with Crippen LogP contribution in [0.4, 0.5) is 0 Å². The average Bonchev–Trinajstić information content (AvgIpc) is 3.00. The number of allylic oxidation sites excluding steroid dienone is 4. The van der Waals surface area contributed by atoms with Crippen LogP contribution in [0.2, 0.25) is 0 Å². The lowest BCUT2D eigenvalue weighted by molar-refractivity contribution is -0.134. The van der Waals surface area contributed by atoms with Crippen molar-refractivity contribution in [1.82, 2.24) is 4.90 Å². The highest BCUT2D eigenvalue weighted by Gasteiger charge is 2.22. The molecule has 0 saturated heterocycles. The summed E-state index contributed by atoms with van der Waals surface area (Å²) in [7, 11) is 0. The van der Waals surface area contributed by atoms with Gasteiger partial charge < -0.3 is 20.2 Å². The van der Waals surface area contributed by atoms with Crippen LogP contribution in [-0.2, 0) is 4.79 Å². The maximum atomic E-state index is 12.7. The van der Waals surface area contributed by atoms with Crippen molar-refractivity contribution in [3.63, 3.8) is 0 Å². The lowest BCUT2D eigenvalue weighted by Crippen LogP contribution is -2.43. The number of carbonyl (C=O) groups is 1. The Kier molecular flexibility index (Phi) is 32.8. The van der Waals surface area contributed by atoms with Crippen molar-refractivity contribution in [2.24, 2.45) is 0 Å². The molecule has 2 unspecified atom stereocenters. The van der Waals surface area contributed by atoms with E-state index in [-0.39, 0.29) is 25.6 Å². The SMILES string of the molecule is CCCCCC=CCC=CCCCCCCCC(=O)N(CCO)CC(O)C(O)CCCCCCCCCCCCCCC. The lowest BCUT2D eigenvalue weighted by Gasteiger charge is -2.27. The molecule has 1 amide bonds. The van der Waals surface area contributed by atoms with Crippen LogP contribution in [0.3, 0.4) is 0 Å². The van der Waals surface area contributed by atoms with Gasteiger partial charge in [-0.2, -0.15) is 0 Å². The second-order valence-corrected chi connectivity index (χ2v) is 12.7. The number of carbonyl (C=O) groups excluding carboxylic acids is 1. The van der Waals surface area contributed by atoms with Crippen LogP contribution in [0.25, 0.3) is 0 Å². The number of nitrogens with zero attached hydrogens (tertiary/aromatic N) is 1. The summed E-state index contributed by atoms with van der Waals surface area (Å²) < 4.78 is 0.